The van der Waals surface area contributed by atoms with Crippen LogP contribution in [0.3, 0.4) is 0 Å². The van der Waals surface area contributed by atoms with E-state index >= 15 is 0 Å². The van der Waals surface area contributed by atoms with Crippen molar-refractivity contribution in [1.29, 1.82) is 0 Å². The van der Waals surface area contributed by atoms with Gasteiger partial charge < -0.3 is 4.98 Å². The van der Waals surface area contributed by atoms with Crippen molar-refractivity contribution in [3.8, 4) is 11.3 Å². The monoisotopic (exact) mass is 235 g/mol. The van der Waals surface area contributed by atoms with Gasteiger partial charge in [-0.05, 0) is 18.2 Å². The molecule has 0 aliphatic rings. The number of hydrogen-bond acceptors (Lipinski definition) is 3. The first kappa shape index (κ1) is 9.35. The Bertz CT molecular complexity index is 829. The van der Waals surface area contributed by atoms with Gasteiger partial charge in [-0.1, -0.05) is 0 Å². The zero-order valence-corrected chi connectivity index (χ0v) is 9.38. The maximum absolute atomic E-state index is 4.61. The third-order valence-corrected chi connectivity index (χ3v) is 3.05. The Kier molecular flexibility index (Phi) is 1.77. The van der Waals surface area contributed by atoms with Crippen molar-refractivity contribution < 1.29 is 0 Å². The Balaban J connectivity index is 2.04. The third-order valence-electron chi connectivity index (χ3n) is 3.05. The van der Waals surface area contributed by atoms with Crippen LogP contribution in [0.5, 0.6) is 0 Å². The van der Waals surface area contributed by atoms with Crippen molar-refractivity contribution in [2.45, 2.75) is 0 Å². The number of fused-ring (bicyclic) bond motifs is 3. The lowest BCUT2D eigenvalue weighted by atomic mass is 10.2. The Labute approximate surface area is 102 Å². The largest absolute Gasteiger partial charge is 0.338 e. The van der Waals surface area contributed by atoms with Crippen LogP contribution in [0.15, 0.2) is 43.0 Å². The molecular formula is C13H9N5. The number of nitrogens with zero attached hydrogens (tertiary/aromatic N) is 3. The standard InChI is InChI=1S/C13H9N5/c1-2-11(8-5-15-16-6-8)17-13-10(1)9-3-4-14-7-12(9)18-13/h1-7H,(H,15,16)(H,17,18). The van der Waals surface area contributed by atoms with Crippen LogP contribution in [0.4, 0.5) is 0 Å². The van der Waals surface area contributed by atoms with Gasteiger partial charge in [0.05, 0.1) is 23.6 Å². The zero-order valence-electron chi connectivity index (χ0n) is 9.38. The number of pyridine rings is 2. The van der Waals surface area contributed by atoms with E-state index in [1.807, 2.05) is 24.5 Å². The Morgan fingerprint density at radius 2 is 2.00 bits per heavy atom. The van der Waals surface area contributed by atoms with Gasteiger partial charge in [0, 0.05) is 28.7 Å². The molecule has 0 saturated heterocycles. The van der Waals surface area contributed by atoms with Gasteiger partial charge >= 0.3 is 0 Å². The molecule has 0 atom stereocenters. The lowest BCUT2D eigenvalue weighted by Gasteiger charge is -1.96. The van der Waals surface area contributed by atoms with Gasteiger partial charge in [-0.3, -0.25) is 10.1 Å². The molecule has 0 spiro atoms. The minimum absolute atomic E-state index is 0.872. The maximum Gasteiger partial charge on any atom is 0.139 e. The van der Waals surface area contributed by atoms with Crippen LogP contribution < -0.4 is 0 Å². The fourth-order valence-corrected chi connectivity index (χ4v) is 2.18. The highest BCUT2D eigenvalue weighted by molar-refractivity contribution is 6.05. The average molecular weight is 235 g/mol. The molecule has 2 N–H and O–H groups in total. The second kappa shape index (κ2) is 3.40. The van der Waals surface area contributed by atoms with E-state index in [0.717, 1.165) is 33.2 Å². The summed E-state index contributed by atoms with van der Waals surface area (Å²) in [6, 6.07) is 6.07. The third kappa shape index (κ3) is 1.24. The van der Waals surface area contributed by atoms with Gasteiger partial charge in [-0.25, -0.2) is 4.98 Å². The second-order valence-electron chi connectivity index (χ2n) is 4.13. The summed E-state index contributed by atoms with van der Waals surface area (Å²) in [5, 5.41) is 8.98. The van der Waals surface area contributed by atoms with E-state index < -0.39 is 0 Å². The van der Waals surface area contributed by atoms with Gasteiger partial charge in [0.1, 0.15) is 5.65 Å². The molecule has 5 heteroatoms. The van der Waals surface area contributed by atoms with Crippen LogP contribution in [0.2, 0.25) is 0 Å². The van der Waals surface area contributed by atoms with E-state index in [2.05, 4.69) is 31.2 Å². The van der Waals surface area contributed by atoms with Crippen molar-refractivity contribution in [2.75, 3.05) is 0 Å². The fraction of sp³-hybridized carbons (Fsp3) is 0. The molecule has 18 heavy (non-hydrogen) atoms. The Hall–Kier alpha value is -2.69. The molecule has 0 bridgehead atoms. The number of nitrogens with one attached hydrogen (secondary N) is 2. The van der Waals surface area contributed by atoms with Crippen molar-refractivity contribution in [3.05, 3.63) is 43.0 Å². The van der Waals surface area contributed by atoms with Crippen molar-refractivity contribution in [3.63, 3.8) is 0 Å². The fourth-order valence-electron chi connectivity index (χ4n) is 2.18. The predicted molar refractivity (Wildman–Crippen MR) is 69.0 cm³/mol. The molecule has 0 aliphatic carbocycles. The van der Waals surface area contributed by atoms with Crippen LogP contribution in [0.25, 0.3) is 33.2 Å². The molecule has 5 nitrogen and oxygen atoms in total. The van der Waals surface area contributed by atoms with Gasteiger partial charge in [0.25, 0.3) is 0 Å². The summed E-state index contributed by atoms with van der Waals surface area (Å²) in [4.78, 5) is 12.0. The molecule has 0 fully saturated rings. The number of aromatic nitrogens is 5. The van der Waals surface area contributed by atoms with E-state index in [9.17, 15) is 0 Å². The average Bonchev–Trinajstić information content (AvgIpc) is 3.05. The van der Waals surface area contributed by atoms with Gasteiger partial charge in [-0.2, -0.15) is 5.10 Å². The van der Waals surface area contributed by atoms with E-state index in [0.29, 0.717) is 0 Å². The molecule has 4 rings (SSSR count). The van der Waals surface area contributed by atoms with Crippen LogP contribution in [0.1, 0.15) is 0 Å². The first-order valence-electron chi connectivity index (χ1n) is 5.63. The lowest BCUT2D eigenvalue weighted by molar-refractivity contribution is 1.09. The van der Waals surface area contributed by atoms with Crippen molar-refractivity contribution in [1.82, 2.24) is 25.1 Å². The molecule has 0 unspecified atom stereocenters. The molecule has 4 heterocycles. The summed E-state index contributed by atoms with van der Waals surface area (Å²) in [5.41, 5.74) is 3.76. The summed E-state index contributed by atoms with van der Waals surface area (Å²) in [6.45, 7) is 0. The number of H-pyrrole nitrogens is 2. The quantitative estimate of drug-likeness (QED) is 0.532. The minimum Gasteiger partial charge on any atom is -0.338 e. The highest BCUT2D eigenvalue weighted by Crippen LogP contribution is 2.25. The topological polar surface area (TPSA) is 70.2 Å². The first-order valence-corrected chi connectivity index (χ1v) is 5.63. The first-order chi connectivity index (χ1) is 8.92. The Morgan fingerprint density at radius 1 is 1.00 bits per heavy atom. The van der Waals surface area contributed by atoms with E-state index in [4.69, 9.17) is 0 Å². The SMILES string of the molecule is c1cc2c(cn1)[nH]c1nc(-c3cn[nH]c3)ccc12. The molecule has 0 saturated carbocycles. The molecular weight excluding hydrogens is 226 g/mol. The van der Waals surface area contributed by atoms with Gasteiger partial charge in [-0.15, -0.1) is 0 Å². The van der Waals surface area contributed by atoms with E-state index in [1.54, 1.807) is 12.4 Å². The number of rotatable bonds is 1. The van der Waals surface area contributed by atoms with Crippen molar-refractivity contribution >= 4 is 21.9 Å². The summed E-state index contributed by atoms with van der Waals surface area (Å²) < 4.78 is 0. The van der Waals surface area contributed by atoms with Gasteiger partial charge in [0.2, 0.25) is 0 Å². The van der Waals surface area contributed by atoms with Crippen LogP contribution in [-0.4, -0.2) is 25.1 Å². The molecule has 0 amide bonds. The highest BCUT2D eigenvalue weighted by Gasteiger charge is 2.07. The van der Waals surface area contributed by atoms with Gasteiger partial charge in [0.15, 0.2) is 0 Å². The highest BCUT2D eigenvalue weighted by atomic mass is 15.1. The van der Waals surface area contributed by atoms with Crippen LogP contribution in [-0.2, 0) is 0 Å². The zero-order chi connectivity index (χ0) is 11.9. The lowest BCUT2D eigenvalue weighted by Crippen LogP contribution is -1.82. The second-order valence-corrected chi connectivity index (χ2v) is 4.13. The van der Waals surface area contributed by atoms with E-state index in [1.165, 1.54) is 0 Å². The predicted octanol–water partition coefficient (Wildman–Crippen LogP) is 2.50. The smallest absolute Gasteiger partial charge is 0.139 e. The van der Waals surface area contributed by atoms with Crippen molar-refractivity contribution in [2.24, 2.45) is 0 Å². The minimum atomic E-state index is 0.872. The molecule has 4 aromatic heterocycles. The molecule has 0 aliphatic heterocycles. The van der Waals surface area contributed by atoms with Crippen LogP contribution >= 0.6 is 0 Å². The summed E-state index contributed by atoms with van der Waals surface area (Å²) in [7, 11) is 0. The molecule has 0 radical (unpaired) electrons. The number of hydrogen-bond donors (Lipinski definition) is 2. The molecule has 0 aromatic carbocycles. The maximum atomic E-state index is 4.61. The summed E-state index contributed by atoms with van der Waals surface area (Å²) in [5.74, 6) is 0. The summed E-state index contributed by atoms with van der Waals surface area (Å²) >= 11 is 0. The summed E-state index contributed by atoms with van der Waals surface area (Å²) in [6.07, 6.45) is 7.20. The number of aromatic amines is 2. The molecule has 4 aromatic rings. The molecule has 86 valence electrons. The van der Waals surface area contributed by atoms with Crippen LogP contribution in [0, 0.1) is 0 Å². The normalized spacial score (nSPS) is 11.3. The van der Waals surface area contributed by atoms with E-state index in [-0.39, 0.29) is 0 Å². The Morgan fingerprint density at radius 3 is 2.89 bits per heavy atom.